The van der Waals surface area contributed by atoms with Crippen LogP contribution in [0.3, 0.4) is 0 Å². The van der Waals surface area contributed by atoms with Crippen LogP contribution in [0.15, 0.2) is 29.3 Å². The van der Waals surface area contributed by atoms with E-state index in [1.807, 2.05) is 0 Å². The zero-order valence-electron chi connectivity index (χ0n) is 15.1. The van der Waals surface area contributed by atoms with E-state index >= 15 is 0 Å². The minimum absolute atomic E-state index is 0.00267. The Bertz CT molecular complexity index is 811. The van der Waals surface area contributed by atoms with Gasteiger partial charge >= 0.3 is 5.97 Å². The van der Waals surface area contributed by atoms with E-state index in [1.54, 1.807) is 18.2 Å². The number of esters is 1. The molecule has 1 saturated carbocycles. The first-order valence-corrected chi connectivity index (χ1v) is 10.0. The molecule has 0 saturated heterocycles. The fourth-order valence-corrected chi connectivity index (χ4v) is 4.38. The Morgan fingerprint density at radius 1 is 1.04 bits per heavy atom. The molecule has 1 aromatic carbocycles. The zero-order chi connectivity index (χ0) is 19.0. The van der Waals surface area contributed by atoms with Crippen molar-refractivity contribution in [3.8, 4) is 0 Å². The molecule has 0 spiro atoms. The van der Waals surface area contributed by atoms with Gasteiger partial charge in [0.15, 0.2) is 0 Å². The quantitative estimate of drug-likeness (QED) is 0.576. The van der Waals surface area contributed by atoms with Crippen molar-refractivity contribution in [2.24, 2.45) is 0 Å². The first-order chi connectivity index (χ1) is 13.0. The summed E-state index contributed by atoms with van der Waals surface area (Å²) < 4.78 is 5.50. The van der Waals surface area contributed by atoms with E-state index in [0.29, 0.717) is 40.3 Å². The molecule has 5 nitrogen and oxygen atoms in total. The van der Waals surface area contributed by atoms with Gasteiger partial charge in [-0.3, -0.25) is 14.4 Å². The monoisotopic (exact) mass is 387 g/mol. The number of nitrogens with zero attached hydrogens (tertiary/aromatic N) is 1. The van der Waals surface area contributed by atoms with Crippen LogP contribution < -0.4 is 4.90 Å². The second-order valence-electron chi connectivity index (χ2n) is 7.46. The number of halogens is 1. The maximum Gasteiger partial charge on any atom is 0.310 e. The van der Waals surface area contributed by atoms with Crippen molar-refractivity contribution >= 4 is 35.1 Å². The van der Waals surface area contributed by atoms with Gasteiger partial charge in [0.2, 0.25) is 0 Å². The van der Waals surface area contributed by atoms with E-state index < -0.39 is 0 Å². The molecule has 0 N–H and O–H groups in total. The molecule has 0 aromatic heterocycles. The van der Waals surface area contributed by atoms with Crippen LogP contribution in [0.1, 0.15) is 56.9 Å². The van der Waals surface area contributed by atoms with Crippen molar-refractivity contribution in [2.45, 2.75) is 63.9 Å². The molecule has 0 unspecified atom stereocenters. The van der Waals surface area contributed by atoms with Crippen LogP contribution >= 0.6 is 11.6 Å². The fourth-order valence-electron chi connectivity index (χ4n) is 4.20. The van der Waals surface area contributed by atoms with Gasteiger partial charge in [-0.2, -0.15) is 0 Å². The average Bonchev–Trinajstić information content (AvgIpc) is 3.25. The molecule has 2 amide bonds. The first kappa shape index (κ1) is 18.2. The Hall–Kier alpha value is -2.14. The molecule has 27 heavy (non-hydrogen) atoms. The molecular formula is C21H22ClNO4. The van der Waals surface area contributed by atoms with Crippen molar-refractivity contribution in [2.75, 3.05) is 4.90 Å². The van der Waals surface area contributed by atoms with Crippen molar-refractivity contribution in [1.29, 1.82) is 0 Å². The van der Waals surface area contributed by atoms with Gasteiger partial charge in [0.05, 0.1) is 12.1 Å². The van der Waals surface area contributed by atoms with E-state index in [0.717, 1.165) is 38.5 Å². The van der Waals surface area contributed by atoms with Gasteiger partial charge in [-0.25, -0.2) is 4.90 Å². The number of ether oxygens (including phenoxy) is 1. The summed E-state index contributed by atoms with van der Waals surface area (Å²) in [5.74, 6) is -0.801. The summed E-state index contributed by atoms with van der Waals surface area (Å²) in [6.45, 7) is 0. The standard InChI is InChI=1S/C21H22ClNO4/c22-18-10-9-14(11-13(18)12-19(24)27-15-5-1-2-6-15)23-20(25)16-7-3-4-8-17(16)21(23)26/h9-11,15H,1-8,12H2. The molecule has 1 aliphatic heterocycles. The number of hydrogen-bond acceptors (Lipinski definition) is 4. The lowest BCUT2D eigenvalue weighted by Gasteiger charge is -2.17. The molecule has 142 valence electrons. The first-order valence-electron chi connectivity index (χ1n) is 9.63. The van der Waals surface area contributed by atoms with Gasteiger partial charge < -0.3 is 4.74 Å². The van der Waals surface area contributed by atoms with Crippen LogP contribution in [0.4, 0.5) is 5.69 Å². The van der Waals surface area contributed by atoms with Crippen LogP contribution in [0.2, 0.25) is 5.02 Å². The normalized spacial score (nSPS) is 20.4. The molecular weight excluding hydrogens is 366 g/mol. The van der Waals surface area contributed by atoms with Crippen molar-refractivity contribution in [3.05, 3.63) is 39.9 Å². The predicted molar refractivity (Wildman–Crippen MR) is 101 cm³/mol. The summed E-state index contributed by atoms with van der Waals surface area (Å²) in [5, 5.41) is 0.430. The average molecular weight is 388 g/mol. The van der Waals surface area contributed by atoms with Gasteiger partial charge in [0.1, 0.15) is 6.10 Å². The third-order valence-electron chi connectivity index (χ3n) is 5.61. The Balaban J connectivity index is 1.53. The molecule has 2 aliphatic carbocycles. The van der Waals surface area contributed by atoms with Crippen LogP contribution in [0.25, 0.3) is 0 Å². The SMILES string of the molecule is O=C(Cc1cc(N2C(=O)C3=C(CCCC3)C2=O)ccc1Cl)OC1CCCC1. The highest BCUT2D eigenvalue weighted by Gasteiger charge is 2.39. The second-order valence-corrected chi connectivity index (χ2v) is 7.87. The number of carbonyl (C=O) groups is 3. The van der Waals surface area contributed by atoms with Crippen LogP contribution in [-0.2, 0) is 25.5 Å². The molecule has 1 fully saturated rings. The van der Waals surface area contributed by atoms with Gasteiger partial charge in [-0.15, -0.1) is 0 Å². The predicted octanol–water partition coefficient (Wildman–Crippen LogP) is 4.11. The van der Waals surface area contributed by atoms with E-state index in [-0.39, 0.29) is 30.3 Å². The lowest BCUT2D eigenvalue weighted by molar-refractivity contribution is -0.147. The Morgan fingerprint density at radius 2 is 1.67 bits per heavy atom. The summed E-state index contributed by atoms with van der Waals surface area (Å²) in [6.07, 6.45) is 7.21. The maximum absolute atomic E-state index is 12.7. The van der Waals surface area contributed by atoms with Crippen LogP contribution in [-0.4, -0.2) is 23.9 Å². The maximum atomic E-state index is 12.7. The largest absolute Gasteiger partial charge is 0.462 e. The summed E-state index contributed by atoms with van der Waals surface area (Å²) in [4.78, 5) is 38.9. The van der Waals surface area contributed by atoms with Gasteiger partial charge in [0, 0.05) is 16.2 Å². The summed E-state index contributed by atoms with van der Waals surface area (Å²) in [7, 11) is 0. The molecule has 1 heterocycles. The highest BCUT2D eigenvalue weighted by atomic mass is 35.5. The Morgan fingerprint density at radius 3 is 2.30 bits per heavy atom. The highest BCUT2D eigenvalue weighted by molar-refractivity contribution is 6.34. The highest BCUT2D eigenvalue weighted by Crippen LogP contribution is 2.36. The lowest BCUT2D eigenvalue weighted by Crippen LogP contribution is -2.31. The van der Waals surface area contributed by atoms with Crippen molar-refractivity contribution in [3.63, 3.8) is 0 Å². The summed E-state index contributed by atoms with van der Waals surface area (Å²) >= 11 is 6.25. The number of benzene rings is 1. The summed E-state index contributed by atoms with van der Waals surface area (Å²) in [5.41, 5.74) is 2.32. The Kier molecular flexibility index (Phi) is 5.04. The third kappa shape index (κ3) is 3.53. The zero-order valence-corrected chi connectivity index (χ0v) is 15.9. The van der Waals surface area contributed by atoms with Crippen molar-refractivity contribution < 1.29 is 19.1 Å². The van der Waals surface area contributed by atoms with E-state index in [2.05, 4.69) is 0 Å². The summed E-state index contributed by atoms with van der Waals surface area (Å²) in [6, 6.07) is 4.95. The minimum atomic E-state index is -0.322. The molecule has 0 radical (unpaired) electrons. The lowest BCUT2D eigenvalue weighted by atomic mass is 9.93. The molecule has 0 bridgehead atoms. The fraction of sp³-hybridized carbons (Fsp3) is 0.476. The number of imide groups is 1. The van der Waals surface area contributed by atoms with Crippen LogP contribution in [0, 0.1) is 0 Å². The number of carbonyl (C=O) groups excluding carboxylic acids is 3. The number of rotatable bonds is 4. The molecule has 4 rings (SSSR count). The van der Waals surface area contributed by atoms with Crippen molar-refractivity contribution in [1.82, 2.24) is 0 Å². The number of hydrogen-bond donors (Lipinski definition) is 0. The van der Waals surface area contributed by atoms with Gasteiger partial charge in [-0.1, -0.05) is 11.6 Å². The van der Waals surface area contributed by atoms with E-state index in [1.165, 1.54) is 4.90 Å². The van der Waals surface area contributed by atoms with Gasteiger partial charge in [0.25, 0.3) is 11.8 Å². The molecule has 6 heteroatoms. The minimum Gasteiger partial charge on any atom is -0.462 e. The molecule has 1 aromatic rings. The van der Waals surface area contributed by atoms with E-state index in [4.69, 9.17) is 16.3 Å². The smallest absolute Gasteiger partial charge is 0.310 e. The molecule has 3 aliphatic rings. The van der Waals surface area contributed by atoms with Gasteiger partial charge in [-0.05, 0) is 75.1 Å². The van der Waals surface area contributed by atoms with Crippen LogP contribution in [0.5, 0.6) is 0 Å². The second kappa shape index (κ2) is 7.47. The topological polar surface area (TPSA) is 63.7 Å². The number of amides is 2. The number of anilines is 1. The van der Waals surface area contributed by atoms with E-state index in [9.17, 15) is 14.4 Å². The molecule has 0 atom stereocenters. The Labute approximate surface area is 163 Å². The third-order valence-corrected chi connectivity index (χ3v) is 5.98.